The number of hydrogen-bond acceptors (Lipinski definition) is 4. The maximum Gasteiger partial charge on any atom is 0.326 e. The number of carboxylic acid groups (broad SMARTS) is 2. The second kappa shape index (κ2) is 8.56. The van der Waals surface area contributed by atoms with E-state index in [-0.39, 0.29) is 12.8 Å². The third-order valence-corrected chi connectivity index (χ3v) is 2.66. The monoisotopic (exact) mass is 298 g/mol. The first kappa shape index (κ1) is 16.5. The third-order valence-electron chi connectivity index (χ3n) is 2.66. The smallest absolute Gasteiger partial charge is 0.326 e. The quantitative estimate of drug-likeness (QED) is 0.470. The van der Waals surface area contributed by atoms with E-state index in [2.05, 4.69) is 15.7 Å². The SMILES string of the molecule is O=C(O)CC[C@H](NC(=O)NCCCn1cccn1)C(=O)O. The molecule has 1 aromatic heterocycles. The van der Waals surface area contributed by atoms with Gasteiger partial charge in [0.2, 0.25) is 0 Å². The maximum atomic E-state index is 11.5. The molecule has 0 spiro atoms. The van der Waals surface area contributed by atoms with Crippen LogP contribution in [0.5, 0.6) is 0 Å². The van der Waals surface area contributed by atoms with E-state index in [0.29, 0.717) is 19.5 Å². The third kappa shape index (κ3) is 6.95. The molecule has 4 N–H and O–H groups in total. The predicted octanol–water partition coefficient (Wildman–Crippen LogP) is -0.110. The summed E-state index contributed by atoms with van der Waals surface area (Å²) in [4.78, 5) is 32.8. The minimum atomic E-state index is -1.26. The lowest BCUT2D eigenvalue weighted by atomic mass is 10.1. The number of rotatable bonds is 9. The minimum Gasteiger partial charge on any atom is -0.481 e. The van der Waals surface area contributed by atoms with E-state index in [1.165, 1.54) is 0 Å². The van der Waals surface area contributed by atoms with Crippen LogP contribution in [0.1, 0.15) is 19.3 Å². The van der Waals surface area contributed by atoms with Crippen molar-refractivity contribution < 1.29 is 24.6 Å². The highest BCUT2D eigenvalue weighted by Crippen LogP contribution is 1.98. The lowest BCUT2D eigenvalue weighted by molar-refractivity contribution is -0.140. The Kier molecular flexibility index (Phi) is 6.72. The average molecular weight is 298 g/mol. The van der Waals surface area contributed by atoms with Crippen LogP contribution < -0.4 is 10.6 Å². The maximum absolute atomic E-state index is 11.5. The second-order valence-corrected chi connectivity index (χ2v) is 4.35. The topological polar surface area (TPSA) is 134 Å². The van der Waals surface area contributed by atoms with Crippen molar-refractivity contribution in [3.63, 3.8) is 0 Å². The molecule has 9 nitrogen and oxygen atoms in total. The van der Waals surface area contributed by atoms with Crippen LogP contribution in [0, 0.1) is 0 Å². The molecule has 1 rings (SSSR count). The zero-order valence-corrected chi connectivity index (χ0v) is 11.4. The number of aliphatic carboxylic acids is 2. The van der Waals surface area contributed by atoms with Gasteiger partial charge in [-0.2, -0.15) is 5.10 Å². The molecule has 0 aliphatic carbocycles. The number of nitrogens with zero attached hydrogens (tertiary/aromatic N) is 2. The molecule has 2 amide bonds. The first-order chi connectivity index (χ1) is 9.99. The molecule has 0 bridgehead atoms. The molecule has 0 aromatic carbocycles. The molecule has 0 saturated carbocycles. The van der Waals surface area contributed by atoms with Crippen molar-refractivity contribution in [1.82, 2.24) is 20.4 Å². The van der Waals surface area contributed by atoms with E-state index >= 15 is 0 Å². The molecule has 0 aliphatic heterocycles. The van der Waals surface area contributed by atoms with Gasteiger partial charge in [0.15, 0.2) is 0 Å². The molecule has 1 heterocycles. The van der Waals surface area contributed by atoms with Gasteiger partial charge >= 0.3 is 18.0 Å². The van der Waals surface area contributed by atoms with Crippen LogP contribution in [0.3, 0.4) is 0 Å². The Bertz CT molecular complexity index is 474. The number of urea groups is 1. The van der Waals surface area contributed by atoms with E-state index < -0.39 is 24.0 Å². The predicted molar refractivity (Wildman–Crippen MR) is 71.7 cm³/mol. The van der Waals surface area contributed by atoms with E-state index in [1.807, 2.05) is 0 Å². The van der Waals surface area contributed by atoms with Crippen LogP contribution in [0.2, 0.25) is 0 Å². The van der Waals surface area contributed by atoms with Crippen LogP contribution in [-0.4, -0.2) is 50.5 Å². The summed E-state index contributed by atoms with van der Waals surface area (Å²) in [5, 5.41) is 26.1. The van der Waals surface area contributed by atoms with Gasteiger partial charge in [-0.25, -0.2) is 9.59 Å². The average Bonchev–Trinajstić information content (AvgIpc) is 2.92. The number of hydrogen-bond donors (Lipinski definition) is 4. The van der Waals surface area contributed by atoms with Crippen molar-refractivity contribution in [1.29, 1.82) is 0 Å². The van der Waals surface area contributed by atoms with Gasteiger partial charge < -0.3 is 20.8 Å². The van der Waals surface area contributed by atoms with Gasteiger partial charge in [0.1, 0.15) is 6.04 Å². The lowest BCUT2D eigenvalue weighted by Crippen LogP contribution is -2.46. The van der Waals surface area contributed by atoms with Crippen molar-refractivity contribution in [2.45, 2.75) is 31.8 Å². The summed E-state index contributed by atoms with van der Waals surface area (Å²) in [6.45, 7) is 0.992. The normalized spacial score (nSPS) is 11.6. The standard InChI is InChI=1S/C12H18N4O5/c17-10(18)4-3-9(11(19)20)15-12(21)13-5-1-7-16-8-2-6-14-16/h2,6,8-9H,1,3-5,7H2,(H,17,18)(H,19,20)(H2,13,15,21)/t9-/m0/s1. The van der Waals surface area contributed by atoms with Crippen molar-refractivity contribution in [2.24, 2.45) is 0 Å². The van der Waals surface area contributed by atoms with Crippen LogP contribution in [-0.2, 0) is 16.1 Å². The first-order valence-corrected chi connectivity index (χ1v) is 6.45. The Balaban J connectivity index is 2.23. The Hall–Kier alpha value is -2.58. The molecule has 21 heavy (non-hydrogen) atoms. The zero-order chi connectivity index (χ0) is 15.7. The Morgan fingerprint density at radius 3 is 2.62 bits per heavy atom. The number of aromatic nitrogens is 2. The number of amides is 2. The summed E-state index contributed by atoms with van der Waals surface area (Å²) in [7, 11) is 0. The Labute approximate surface area is 120 Å². The van der Waals surface area contributed by atoms with E-state index in [4.69, 9.17) is 10.2 Å². The highest BCUT2D eigenvalue weighted by atomic mass is 16.4. The summed E-state index contributed by atoms with van der Waals surface area (Å²) in [5.41, 5.74) is 0. The van der Waals surface area contributed by atoms with Gasteiger partial charge in [-0.3, -0.25) is 9.48 Å². The Morgan fingerprint density at radius 2 is 2.05 bits per heavy atom. The Morgan fingerprint density at radius 1 is 1.29 bits per heavy atom. The van der Waals surface area contributed by atoms with Gasteiger partial charge in [0, 0.05) is 31.9 Å². The summed E-state index contributed by atoms with van der Waals surface area (Å²) in [6.07, 6.45) is 3.61. The number of carbonyl (C=O) groups excluding carboxylic acids is 1. The van der Waals surface area contributed by atoms with Crippen LogP contribution in [0.4, 0.5) is 4.79 Å². The van der Waals surface area contributed by atoms with Gasteiger partial charge in [0.05, 0.1) is 0 Å². The number of aryl methyl sites for hydroxylation is 1. The number of carboxylic acids is 2. The van der Waals surface area contributed by atoms with Crippen molar-refractivity contribution in [2.75, 3.05) is 6.54 Å². The van der Waals surface area contributed by atoms with Gasteiger partial charge in [0.25, 0.3) is 0 Å². The highest BCUT2D eigenvalue weighted by Gasteiger charge is 2.20. The molecular formula is C12H18N4O5. The fraction of sp³-hybridized carbons (Fsp3) is 0.500. The molecule has 9 heteroatoms. The molecule has 1 atom stereocenters. The van der Waals surface area contributed by atoms with Gasteiger partial charge in [-0.1, -0.05) is 0 Å². The fourth-order valence-corrected chi connectivity index (χ4v) is 1.61. The molecule has 0 aliphatic rings. The number of carbonyl (C=O) groups is 3. The van der Waals surface area contributed by atoms with Crippen LogP contribution in [0.15, 0.2) is 18.5 Å². The molecule has 0 unspecified atom stereocenters. The summed E-state index contributed by atoms with van der Waals surface area (Å²) < 4.78 is 1.71. The lowest BCUT2D eigenvalue weighted by Gasteiger charge is -2.14. The number of nitrogens with one attached hydrogen (secondary N) is 2. The summed E-state index contributed by atoms with van der Waals surface area (Å²) in [6, 6.07) is -0.0551. The van der Waals surface area contributed by atoms with Crippen molar-refractivity contribution in [3.05, 3.63) is 18.5 Å². The molecular weight excluding hydrogens is 280 g/mol. The first-order valence-electron chi connectivity index (χ1n) is 6.45. The highest BCUT2D eigenvalue weighted by molar-refractivity contribution is 5.82. The summed E-state index contributed by atoms with van der Waals surface area (Å²) >= 11 is 0. The fourth-order valence-electron chi connectivity index (χ4n) is 1.61. The molecule has 0 fully saturated rings. The molecule has 0 saturated heterocycles. The summed E-state index contributed by atoms with van der Waals surface area (Å²) in [5.74, 6) is -2.37. The van der Waals surface area contributed by atoms with Gasteiger partial charge in [-0.15, -0.1) is 0 Å². The molecule has 0 radical (unpaired) electrons. The van der Waals surface area contributed by atoms with Crippen LogP contribution >= 0.6 is 0 Å². The van der Waals surface area contributed by atoms with Crippen molar-refractivity contribution >= 4 is 18.0 Å². The van der Waals surface area contributed by atoms with Crippen molar-refractivity contribution in [3.8, 4) is 0 Å². The minimum absolute atomic E-state index is 0.161. The largest absolute Gasteiger partial charge is 0.481 e. The second-order valence-electron chi connectivity index (χ2n) is 4.35. The van der Waals surface area contributed by atoms with E-state index in [0.717, 1.165) is 0 Å². The molecule has 116 valence electrons. The van der Waals surface area contributed by atoms with E-state index in [9.17, 15) is 14.4 Å². The zero-order valence-electron chi connectivity index (χ0n) is 11.4. The van der Waals surface area contributed by atoms with Gasteiger partial charge in [-0.05, 0) is 18.9 Å². The van der Waals surface area contributed by atoms with Crippen LogP contribution in [0.25, 0.3) is 0 Å². The molecule has 1 aromatic rings. The van der Waals surface area contributed by atoms with E-state index in [1.54, 1.807) is 23.1 Å².